The van der Waals surface area contributed by atoms with Gasteiger partial charge in [0.1, 0.15) is 12.3 Å². The number of aryl methyl sites for hydroxylation is 1. The molecule has 2 aliphatic heterocycles. The van der Waals surface area contributed by atoms with Crippen LogP contribution in [0.1, 0.15) is 39.9 Å². The molecule has 2 aromatic carbocycles. The van der Waals surface area contributed by atoms with Crippen molar-refractivity contribution in [2.75, 3.05) is 12.4 Å². The number of quaternary nitrogens is 1. The van der Waals surface area contributed by atoms with Gasteiger partial charge in [0.2, 0.25) is 5.91 Å². The van der Waals surface area contributed by atoms with Crippen LogP contribution in [-0.2, 0) is 22.7 Å². The van der Waals surface area contributed by atoms with E-state index < -0.39 is 18.0 Å². The Morgan fingerprint density at radius 2 is 1.97 bits per heavy atom. The fourth-order valence-electron chi connectivity index (χ4n) is 4.37. The molecular formula is C23H25N4O5+. The number of nitrogens with zero attached hydrogens (tertiary/aromatic N) is 1. The van der Waals surface area contributed by atoms with E-state index in [1.165, 1.54) is 6.07 Å². The third-order valence-corrected chi connectivity index (χ3v) is 6.17. The average Bonchev–Trinajstić information content (AvgIpc) is 2.99. The summed E-state index contributed by atoms with van der Waals surface area (Å²) >= 11 is 0. The van der Waals surface area contributed by atoms with E-state index in [-0.39, 0.29) is 35.0 Å². The highest BCUT2D eigenvalue weighted by Crippen LogP contribution is 2.34. The number of carbonyl (C=O) groups is 4. The van der Waals surface area contributed by atoms with Crippen LogP contribution in [-0.4, -0.2) is 46.4 Å². The van der Waals surface area contributed by atoms with Crippen LogP contribution in [0.5, 0.6) is 5.75 Å². The second-order valence-corrected chi connectivity index (χ2v) is 8.50. The Bertz CT molecular complexity index is 1150. The molecule has 5 amide bonds. The number of piperidine rings is 1. The number of carbonyl (C=O) groups excluding carboxylic acids is 4. The maximum atomic E-state index is 13.1. The smallest absolute Gasteiger partial charge is 0.347 e. The largest absolute Gasteiger partial charge is 0.508 e. The molecule has 4 rings (SSSR count). The minimum atomic E-state index is -0.603. The SMILES string of the molecule is Cc1cc(NC(=O)NCc2ccc3c(c2)C[N+](C)(C2CCC(=O)NC2=O)C3=O)ccc1O. The van der Waals surface area contributed by atoms with E-state index in [1.54, 1.807) is 38.2 Å². The number of benzene rings is 2. The van der Waals surface area contributed by atoms with Gasteiger partial charge in [-0.15, -0.1) is 0 Å². The summed E-state index contributed by atoms with van der Waals surface area (Å²) in [5.74, 6) is -0.704. The van der Waals surface area contributed by atoms with E-state index in [0.29, 0.717) is 29.8 Å². The van der Waals surface area contributed by atoms with Crippen molar-refractivity contribution in [1.29, 1.82) is 0 Å². The van der Waals surface area contributed by atoms with Gasteiger partial charge in [-0.1, -0.05) is 6.07 Å². The highest BCUT2D eigenvalue weighted by atomic mass is 16.3. The minimum Gasteiger partial charge on any atom is -0.508 e. The van der Waals surface area contributed by atoms with E-state index in [2.05, 4.69) is 16.0 Å². The molecule has 32 heavy (non-hydrogen) atoms. The number of anilines is 1. The highest BCUT2D eigenvalue weighted by Gasteiger charge is 2.51. The van der Waals surface area contributed by atoms with Gasteiger partial charge in [-0.2, -0.15) is 0 Å². The van der Waals surface area contributed by atoms with Crippen LogP contribution in [0.2, 0.25) is 0 Å². The van der Waals surface area contributed by atoms with E-state index in [9.17, 15) is 24.3 Å². The zero-order valence-corrected chi connectivity index (χ0v) is 17.9. The molecule has 0 saturated carbocycles. The topological polar surface area (TPSA) is 125 Å². The maximum absolute atomic E-state index is 13.1. The van der Waals surface area contributed by atoms with Crippen LogP contribution in [0.4, 0.5) is 10.5 Å². The van der Waals surface area contributed by atoms with Crippen molar-refractivity contribution in [3.8, 4) is 5.75 Å². The molecule has 4 N–H and O–H groups in total. The molecule has 0 aliphatic carbocycles. The standard InChI is InChI=1S/C23H24N4O5/c1-13-9-16(4-7-19(13)28)25-23(32)24-11-14-3-5-17-15(10-14)12-27(2,22(17)31)18-6-8-20(29)26-21(18)30/h3-5,7,9-10,18H,6,8,11-12H2,1-2H3,(H3-,24,25,26,28,29,30,32)/p+1. The van der Waals surface area contributed by atoms with E-state index in [1.807, 2.05) is 6.07 Å². The summed E-state index contributed by atoms with van der Waals surface area (Å²) in [7, 11) is 1.73. The number of rotatable bonds is 4. The lowest BCUT2D eigenvalue weighted by Gasteiger charge is -2.35. The van der Waals surface area contributed by atoms with Crippen LogP contribution < -0.4 is 16.0 Å². The number of nitrogens with one attached hydrogen (secondary N) is 3. The number of hydrogen-bond acceptors (Lipinski definition) is 5. The first-order chi connectivity index (χ1) is 15.2. The summed E-state index contributed by atoms with van der Waals surface area (Å²) in [6.07, 6.45) is 0.560. The van der Waals surface area contributed by atoms with Crippen molar-refractivity contribution in [3.05, 3.63) is 58.7 Å². The first-order valence-electron chi connectivity index (χ1n) is 10.4. The van der Waals surface area contributed by atoms with Crippen molar-refractivity contribution in [1.82, 2.24) is 10.6 Å². The molecule has 1 saturated heterocycles. The van der Waals surface area contributed by atoms with Gasteiger partial charge < -0.3 is 15.7 Å². The lowest BCUT2D eigenvalue weighted by atomic mass is 10.0. The summed E-state index contributed by atoms with van der Waals surface area (Å²) in [4.78, 5) is 49.2. The number of phenolic OH excluding ortho intramolecular Hbond substituents is 1. The second kappa shape index (κ2) is 8.08. The van der Waals surface area contributed by atoms with Gasteiger partial charge >= 0.3 is 11.9 Å². The molecule has 166 valence electrons. The molecule has 9 nitrogen and oxygen atoms in total. The second-order valence-electron chi connectivity index (χ2n) is 8.50. The van der Waals surface area contributed by atoms with Crippen LogP contribution >= 0.6 is 0 Å². The van der Waals surface area contributed by atoms with Gasteiger partial charge in [0.25, 0.3) is 5.91 Å². The third kappa shape index (κ3) is 3.94. The number of likely N-dealkylation sites (N-methyl/N-ethyl adjacent to an activating group) is 1. The predicted octanol–water partition coefficient (Wildman–Crippen LogP) is 1.93. The number of aromatic hydroxyl groups is 1. The zero-order chi connectivity index (χ0) is 23.0. The Labute approximate surface area is 185 Å². The van der Waals surface area contributed by atoms with Crippen molar-refractivity contribution < 1.29 is 28.8 Å². The van der Waals surface area contributed by atoms with Gasteiger partial charge in [-0.3, -0.25) is 14.9 Å². The van der Waals surface area contributed by atoms with Gasteiger partial charge in [0.15, 0.2) is 6.04 Å². The predicted molar refractivity (Wildman–Crippen MR) is 116 cm³/mol. The van der Waals surface area contributed by atoms with Crippen LogP contribution in [0.25, 0.3) is 0 Å². The summed E-state index contributed by atoms with van der Waals surface area (Å²) in [6.45, 7) is 2.35. The fourth-order valence-corrected chi connectivity index (χ4v) is 4.37. The number of hydrogen-bond donors (Lipinski definition) is 4. The molecule has 1 fully saturated rings. The summed E-state index contributed by atoms with van der Waals surface area (Å²) < 4.78 is -0.0913. The minimum absolute atomic E-state index is 0.0913. The molecule has 0 radical (unpaired) electrons. The number of amides is 5. The number of phenols is 1. The van der Waals surface area contributed by atoms with Crippen molar-refractivity contribution >= 4 is 29.4 Å². The number of imide groups is 1. The van der Waals surface area contributed by atoms with Gasteiger partial charge in [0.05, 0.1) is 12.6 Å². The van der Waals surface area contributed by atoms with Crippen LogP contribution in [0.3, 0.4) is 0 Å². The molecule has 2 heterocycles. The highest BCUT2D eigenvalue weighted by molar-refractivity contribution is 6.02. The van der Waals surface area contributed by atoms with Crippen molar-refractivity contribution in [2.45, 2.75) is 38.9 Å². The lowest BCUT2D eigenvalue weighted by molar-refractivity contribution is -0.855. The lowest BCUT2D eigenvalue weighted by Crippen LogP contribution is -2.61. The summed E-state index contributed by atoms with van der Waals surface area (Å²) in [5, 5.41) is 17.4. The zero-order valence-electron chi connectivity index (χ0n) is 17.9. The Morgan fingerprint density at radius 1 is 1.19 bits per heavy atom. The summed E-state index contributed by atoms with van der Waals surface area (Å²) in [5.41, 5.74) is 3.42. The molecule has 2 atom stereocenters. The van der Waals surface area contributed by atoms with E-state index >= 15 is 0 Å². The Kier molecular flexibility index (Phi) is 5.43. The first kappa shape index (κ1) is 21.5. The maximum Gasteiger partial charge on any atom is 0.347 e. The van der Waals surface area contributed by atoms with Crippen LogP contribution in [0.15, 0.2) is 36.4 Å². The van der Waals surface area contributed by atoms with Gasteiger partial charge in [-0.05, 0) is 48.4 Å². The Hall–Kier alpha value is -3.72. The average molecular weight is 437 g/mol. The molecule has 2 unspecified atom stereocenters. The molecule has 0 spiro atoms. The Balaban J connectivity index is 1.42. The molecule has 2 aromatic rings. The Morgan fingerprint density at radius 3 is 2.69 bits per heavy atom. The molecular weight excluding hydrogens is 412 g/mol. The normalized spacial score (nSPS) is 22.3. The molecule has 9 heteroatoms. The third-order valence-electron chi connectivity index (χ3n) is 6.17. The molecule has 0 aromatic heterocycles. The fraction of sp³-hybridized carbons (Fsp3) is 0.304. The van der Waals surface area contributed by atoms with Crippen LogP contribution in [0, 0.1) is 6.92 Å². The van der Waals surface area contributed by atoms with Gasteiger partial charge in [-0.25, -0.2) is 14.1 Å². The quantitative estimate of drug-likeness (QED) is 0.331. The molecule has 0 bridgehead atoms. The van der Waals surface area contributed by atoms with Crippen molar-refractivity contribution in [2.24, 2.45) is 0 Å². The number of fused-ring (bicyclic) bond motifs is 1. The van der Waals surface area contributed by atoms with E-state index in [4.69, 9.17) is 0 Å². The monoisotopic (exact) mass is 437 g/mol. The van der Waals surface area contributed by atoms with Gasteiger partial charge in [0, 0.05) is 30.6 Å². The summed E-state index contributed by atoms with van der Waals surface area (Å²) in [6, 6.07) is 9.17. The van der Waals surface area contributed by atoms with Crippen molar-refractivity contribution in [3.63, 3.8) is 0 Å². The number of urea groups is 1. The molecule has 2 aliphatic rings. The first-order valence-corrected chi connectivity index (χ1v) is 10.4. The van der Waals surface area contributed by atoms with E-state index in [0.717, 1.165) is 11.1 Å².